The zero-order valence-electron chi connectivity index (χ0n) is 8.09. The van der Waals surface area contributed by atoms with E-state index in [1.54, 1.807) is 12.1 Å². The lowest BCUT2D eigenvalue weighted by Crippen LogP contribution is -2.43. The van der Waals surface area contributed by atoms with E-state index in [-0.39, 0.29) is 5.82 Å². The van der Waals surface area contributed by atoms with E-state index in [1.807, 2.05) is 6.08 Å². The predicted molar refractivity (Wildman–Crippen MR) is 63.0 cm³/mol. The minimum atomic E-state index is -0.210. The normalized spacial score (nSPS) is 15.5. The lowest BCUT2D eigenvalue weighted by molar-refractivity contribution is 0.627. The molecule has 1 saturated heterocycles. The van der Waals surface area contributed by atoms with Gasteiger partial charge in [-0.3, -0.25) is 0 Å². The number of hydrogen-bond donors (Lipinski definition) is 2. The standard InChI is InChI=1S/C11H11FN2S/c12-10-3-1-8(2-4-10)5-9-6-13-11(15)14-7-9/h1-5H,6-7H2,(H2,13,14,15). The van der Waals surface area contributed by atoms with Crippen LogP contribution in [0.4, 0.5) is 4.39 Å². The molecule has 2 rings (SSSR count). The van der Waals surface area contributed by atoms with Gasteiger partial charge in [0.1, 0.15) is 5.82 Å². The van der Waals surface area contributed by atoms with Crippen LogP contribution in [0.15, 0.2) is 29.8 Å². The van der Waals surface area contributed by atoms with Gasteiger partial charge in [-0.1, -0.05) is 18.2 Å². The van der Waals surface area contributed by atoms with Crippen LogP contribution in [0.2, 0.25) is 0 Å². The Morgan fingerprint density at radius 3 is 2.33 bits per heavy atom. The zero-order chi connectivity index (χ0) is 10.7. The molecular formula is C11H11FN2S. The smallest absolute Gasteiger partial charge is 0.166 e. The summed E-state index contributed by atoms with van der Waals surface area (Å²) in [6.45, 7) is 1.51. The van der Waals surface area contributed by atoms with Crippen molar-refractivity contribution in [3.63, 3.8) is 0 Å². The van der Waals surface area contributed by atoms with Crippen LogP contribution in [0, 0.1) is 5.82 Å². The fourth-order valence-electron chi connectivity index (χ4n) is 1.41. The zero-order valence-corrected chi connectivity index (χ0v) is 8.90. The number of benzene rings is 1. The Hall–Kier alpha value is -1.42. The Morgan fingerprint density at radius 2 is 1.73 bits per heavy atom. The molecule has 1 fully saturated rings. The lowest BCUT2D eigenvalue weighted by Gasteiger charge is -2.19. The topological polar surface area (TPSA) is 24.1 Å². The van der Waals surface area contributed by atoms with E-state index in [9.17, 15) is 4.39 Å². The van der Waals surface area contributed by atoms with Crippen molar-refractivity contribution >= 4 is 23.4 Å². The average Bonchev–Trinajstić information content (AvgIpc) is 2.25. The molecule has 4 heteroatoms. The van der Waals surface area contributed by atoms with Crippen molar-refractivity contribution in [1.82, 2.24) is 10.6 Å². The summed E-state index contributed by atoms with van der Waals surface area (Å²) in [5.41, 5.74) is 2.21. The highest BCUT2D eigenvalue weighted by Gasteiger charge is 2.06. The van der Waals surface area contributed by atoms with Crippen LogP contribution in [-0.2, 0) is 0 Å². The molecule has 0 bridgehead atoms. The molecule has 0 radical (unpaired) electrons. The molecule has 0 amide bonds. The van der Waals surface area contributed by atoms with Crippen molar-refractivity contribution in [2.75, 3.05) is 13.1 Å². The predicted octanol–water partition coefficient (Wildman–Crippen LogP) is 1.69. The second kappa shape index (κ2) is 4.40. The van der Waals surface area contributed by atoms with Crippen molar-refractivity contribution in [2.45, 2.75) is 0 Å². The highest BCUT2D eigenvalue weighted by atomic mass is 32.1. The summed E-state index contributed by atoms with van der Waals surface area (Å²) in [5.74, 6) is -0.210. The lowest BCUT2D eigenvalue weighted by atomic mass is 10.1. The van der Waals surface area contributed by atoms with Crippen LogP contribution in [0.25, 0.3) is 6.08 Å². The Morgan fingerprint density at radius 1 is 1.13 bits per heavy atom. The quantitative estimate of drug-likeness (QED) is 0.707. The van der Waals surface area contributed by atoms with Gasteiger partial charge in [0.25, 0.3) is 0 Å². The van der Waals surface area contributed by atoms with Crippen LogP contribution in [-0.4, -0.2) is 18.2 Å². The third kappa shape index (κ3) is 2.76. The first-order valence-electron chi connectivity index (χ1n) is 4.71. The number of thiocarbonyl (C=S) groups is 1. The van der Waals surface area contributed by atoms with E-state index in [4.69, 9.17) is 12.2 Å². The maximum absolute atomic E-state index is 12.7. The second-order valence-electron chi connectivity index (χ2n) is 3.39. The molecule has 1 aromatic carbocycles. The van der Waals surface area contributed by atoms with Crippen molar-refractivity contribution in [1.29, 1.82) is 0 Å². The molecule has 0 aliphatic carbocycles. The Balaban J connectivity index is 2.09. The minimum Gasteiger partial charge on any atom is -0.359 e. The van der Waals surface area contributed by atoms with Gasteiger partial charge >= 0.3 is 0 Å². The van der Waals surface area contributed by atoms with Gasteiger partial charge in [-0.2, -0.15) is 0 Å². The first kappa shape index (κ1) is 10.1. The van der Waals surface area contributed by atoms with Gasteiger partial charge in [-0.15, -0.1) is 0 Å². The van der Waals surface area contributed by atoms with Crippen molar-refractivity contribution in [3.05, 3.63) is 41.2 Å². The third-order valence-electron chi connectivity index (χ3n) is 2.19. The monoisotopic (exact) mass is 222 g/mol. The summed E-state index contributed by atoms with van der Waals surface area (Å²) in [6.07, 6.45) is 2.03. The van der Waals surface area contributed by atoms with Gasteiger partial charge in [0, 0.05) is 13.1 Å². The van der Waals surface area contributed by atoms with Crippen LogP contribution in [0.1, 0.15) is 5.56 Å². The van der Waals surface area contributed by atoms with Gasteiger partial charge in [0.15, 0.2) is 5.11 Å². The van der Waals surface area contributed by atoms with E-state index in [2.05, 4.69) is 10.6 Å². The molecule has 0 atom stereocenters. The molecule has 0 aromatic heterocycles. The second-order valence-corrected chi connectivity index (χ2v) is 3.80. The summed E-state index contributed by atoms with van der Waals surface area (Å²) < 4.78 is 12.7. The molecule has 2 nitrogen and oxygen atoms in total. The number of halogens is 1. The maximum atomic E-state index is 12.7. The first-order valence-corrected chi connectivity index (χ1v) is 5.11. The molecular weight excluding hydrogens is 211 g/mol. The van der Waals surface area contributed by atoms with Crippen molar-refractivity contribution in [3.8, 4) is 0 Å². The Bertz CT molecular complexity index is 386. The molecule has 15 heavy (non-hydrogen) atoms. The number of rotatable bonds is 1. The average molecular weight is 222 g/mol. The van der Waals surface area contributed by atoms with Crippen LogP contribution in [0.5, 0.6) is 0 Å². The summed E-state index contributed by atoms with van der Waals surface area (Å²) >= 11 is 4.94. The Kier molecular flexibility index (Phi) is 2.97. The summed E-state index contributed by atoms with van der Waals surface area (Å²) in [4.78, 5) is 0. The summed E-state index contributed by atoms with van der Waals surface area (Å²) in [6, 6.07) is 6.44. The van der Waals surface area contributed by atoms with Crippen LogP contribution < -0.4 is 10.6 Å². The fraction of sp³-hybridized carbons (Fsp3) is 0.182. The van der Waals surface area contributed by atoms with Gasteiger partial charge in [0.2, 0.25) is 0 Å². The van der Waals surface area contributed by atoms with E-state index in [0.717, 1.165) is 18.7 Å². The fourth-order valence-corrected chi connectivity index (χ4v) is 1.55. The number of hydrogen-bond acceptors (Lipinski definition) is 1. The van der Waals surface area contributed by atoms with Crippen molar-refractivity contribution < 1.29 is 4.39 Å². The SMILES string of the molecule is Fc1ccc(C=C2CNC(=S)NC2)cc1. The molecule has 1 heterocycles. The van der Waals surface area contributed by atoms with Crippen LogP contribution in [0.3, 0.4) is 0 Å². The van der Waals surface area contributed by atoms with Gasteiger partial charge in [0.05, 0.1) is 0 Å². The van der Waals surface area contributed by atoms with Gasteiger partial charge < -0.3 is 10.6 Å². The number of nitrogens with one attached hydrogen (secondary N) is 2. The first-order chi connectivity index (χ1) is 7.24. The summed E-state index contributed by atoms with van der Waals surface area (Å²) in [7, 11) is 0. The van der Waals surface area contributed by atoms with E-state index < -0.39 is 0 Å². The summed E-state index contributed by atoms with van der Waals surface area (Å²) in [5, 5.41) is 6.77. The van der Waals surface area contributed by atoms with E-state index in [0.29, 0.717) is 5.11 Å². The molecule has 1 aliphatic rings. The molecule has 0 saturated carbocycles. The molecule has 1 aromatic rings. The Labute approximate surface area is 93.2 Å². The van der Waals surface area contributed by atoms with Crippen LogP contribution >= 0.6 is 12.2 Å². The molecule has 0 spiro atoms. The van der Waals surface area contributed by atoms with E-state index in [1.165, 1.54) is 17.7 Å². The van der Waals surface area contributed by atoms with Gasteiger partial charge in [-0.25, -0.2) is 4.39 Å². The highest BCUT2D eigenvalue weighted by molar-refractivity contribution is 7.80. The maximum Gasteiger partial charge on any atom is 0.166 e. The minimum absolute atomic E-state index is 0.210. The van der Waals surface area contributed by atoms with Gasteiger partial charge in [-0.05, 0) is 35.5 Å². The largest absolute Gasteiger partial charge is 0.359 e. The molecule has 2 N–H and O–H groups in total. The molecule has 0 unspecified atom stereocenters. The third-order valence-corrected chi connectivity index (χ3v) is 2.48. The molecule has 78 valence electrons. The van der Waals surface area contributed by atoms with Crippen molar-refractivity contribution in [2.24, 2.45) is 0 Å². The van der Waals surface area contributed by atoms with E-state index >= 15 is 0 Å². The molecule has 1 aliphatic heterocycles. The highest BCUT2D eigenvalue weighted by Crippen LogP contribution is 2.08.